The molecule has 8 nitrogen and oxygen atoms in total. The number of pyridine rings is 1. The number of piperidine rings is 1. The number of hydrogen-bond acceptors (Lipinski definition) is 7. The molecule has 2 saturated heterocycles. The van der Waals surface area contributed by atoms with Gasteiger partial charge in [-0.25, -0.2) is 0 Å². The average Bonchev–Trinajstić information content (AvgIpc) is 3.18. The molecule has 5 aromatic rings. The Bertz CT molecular complexity index is 1910. The minimum absolute atomic E-state index is 0.0115. The topological polar surface area (TPSA) is 104 Å². The molecule has 2 aliphatic rings. The van der Waals surface area contributed by atoms with E-state index in [1.807, 2.05) is 72.8 Å². The van der Waals surface area contributed by atoms with Crippen LogP contribution in [0.1, 0.15) is 69.8 Å². The van der Waals surface area contributed by atoms with E-state index in [4.69, 9.17) is 21.1 Å². The summed E-state index contributed by atoms with van der Waals surface area (Å²) < 4.78 is 13.4. The number of nitrogens with one attached hydrogen (secondary N) is 1. The summed E-state index contributed by atoms with van der Waals surface area (Å²) in [5.41, 5.74) is 6.38. The molecule has 0 aliphatic carbocycles. The summed E-state index contributed by atoms with van der Waals surface area (Å²) in [5, 5.41) is 24.7. The van der Waals surface area contributed by atoms with Crippen LogP contribution in [0.4, 0.5) is 0 Å². The molecular weight excluding hydrogens is 662 g/mol. The van der Waals surface area contributed by atoms with Crippen molar-refractivity contribution >= 4 is 17.5 Å². The predicted molar refractivity (Wildman–Crippen MR) is 197 cm³/mol. The number of likely N-dealkylation sites (tertiary alicyclic amines) is 1. The van der Waals surface area contributed by atoms with Crippen LogP contribution in [0.3, 0.4) is 0 Å². The van der Waals surface area contributed by atoms with Crippen molar-refractivity contribution in [1.29, 1.82) is 0 Å². The SMILES string of the molecule is O=C(NCc1cccc(-c2cccc(C3OC(CN4CCC(O)(c5ccc(Cl)cc5)CC4)CC(c4ccc(CO)cc4)O3)c2)c1)c1cccnc1. The highest BCUT2D eigenvalue weighted by Gasteiger charge is 2.37. The maximum atomic E-state index is 12.6. The molecule has 1 amide bonds. The molecule has 51 heavy (non-hydrogen) atoms. The van der Waals surface area contributed by atoms with E-state index in [0.717, 1.165) is 52.0 Å². The lowest BCUT2D eigenvalue weighted by atomic mass is 9.84. The van der Waals surface area contributed by atoms with Crippen molar-refractivity contribution in [2.45, 2.75) is 56.5 Å². The molecule has 262 valence electrons. The van der Waals surface area contributed by atoms with Gasteiger partial charge < -0.3 is 29.9 Å². The van der Waals surface area contributed by atoms with Gasteiger partial charge in [0.2, 0.25) is 0 Å². The maximum Gasteiger partial charge on any atom is 0.253 e. The zero-order valence-electron chi connectivity index (χ0n) is 28.3. The van der Waals surface area contributed by atoms with Gasteiger partial charge in [0.15, 0.2) is 6.29 Å². The Morgan fingerprint density at radius 2 is 1.61 bits per heavy atom. The molecule has 3 heterocycles. The number of carbonyl (C=O) groups is 1. The second kappa shape index (κ2) is 15.9. The van der Waals surface area contributed by atoms with Crippen LogP contribution >= 0.6 is 11.6 Å². The van der Waals surface area contributed by atoms with Gasteiger partial charge in [0.05, 0.1) is 30.0 Å². The van der Waals surface area contributed by atoms with Crippen LogP contribution in [-0.4, -0.2) is 51.7 Å². The lowest BCUT2D eigenvalue weighted by molar-refractivity contribution is -0.253. The molecule has 0 saturated carbocycles. The Labute approximate surface area is 303 Å². The van der Waals surface area contributed by atoms with E-state index < -0.39 is 11.9 Å². The number of aromatic nitrogens is 1. The van der Waals surface area contributed by atoms with Gasteiger partial charge in [0.1, 0.15) is 0 Å². The minimum Gasteiger partial charge on any atom is -0.392 e. The maximum absolute atomic E-state index is 12.6. The highest BCUT2D eigenvalue weighted by molar-refractivity contribution is 6.30. The molecule has 2 aliphatic heterocycles. The summed E-state index contributed by atoms with van der Waals surface area (Å²) in [6, 6.07) is 35.3. The van der Waals surface area contributed by atoms with Crippen LogP contribution < -0.4 is 5.32 Å². The fourth-order valence-electron chi connectivity index (χ4n) is 6.98. The van der Waals surface area contributed by atoms with Gasteiger partial charge in [0, 0.05) is 55.6 Å². The van der Waals surface area contributed by atoms with Gasteiger partial charge in [-0.15, -0.1) is 0 Å². The molecule has 0 radical (unpaired) electrons. The normalized spacial score (nSPS) is 20.5. The quantitative estimate of drug-likeness (QED) is 0.140. The lowest BCUT2D eigenvalue weighted by Gasteiger charge is -2.42. The second-order valence-electron chi connectivity index (χ2n) is 13.4. The zero-order valence-corrected chi connectivity index (χ0v) is 29.1. The van der Waals surface area contributed by atoms with E-state index >= 15 is 0 Å². The number of rotatable bonds is 10. The standard InChI is InChI=1S/C42H42ClN3O5/c43-37-15-13-36(14-16-37)42(49)17-20-46(21-18-42)27-38-24-39(31-11-9-29(28-47)10-12-31)51-41(50-38)34-7-2-6-33(23-34)32-5-1-4-30(22-32)25-45-40(48)35-8-3-19-44-26-35/h1-16,19,22-23,26,38-39,41,47,49H,17-18,20-21,24-25,27-28H2,(H,45,48). The highest BCUT2D eigenvalue weighted by atomic mass is 35.5. The third-order valence-electron chi connectivity index (χ3n) is 9.94. The van der Waals surface area contributed by atoms with Crippen molar-refractivity contribution in [1.82, 2.24) is 15.2 Å². The predicted octanol–water partition coefficient (Wildman–Crippen LogP) is 7.35. The number of aliphatic hydroxyl groups excluding tert-OH is 1. The molecule has 7 rings (SSSR count). The van der Waals surface area contributed by atoms with Gasteiger partial charge >= 0.3 is 0 Å². The number of nitrogens with zero attached hydrogens (tertiary/aromatic N) is 2. The van der Waals surface area contributed by atoms with Crippen molar-refractivity contribution in [2.75, 3.05) is 19.6 Å². The van der Waals surface area contributed by atoms with Gasteiger partial charge in [-0.1, -0.05) is 84.4 Å². The van der Waals surface area contributed by atoms with Crippen LogP contribution in [-0.2, 0) is 28.2 Å². The number of aliphatic hydroxyl groups is 2. The van der Waals surface area contributed by atoms with Crippen molar-refractivity contribution in [3.63, 3.8) is 0 Å². The summed E-state index contributed by atoms with van der Waals surface area (Å²) in [5.74, 6) is -0.168. The summed E-state index contributed by atoms with van der Waals surface area (Å²) in [7, 11) is 0. The number of amides is 1. The van der Waals surface area contributed by atoms with E-state index in [9.17, 15) is 15.0 Å². The number of hydrogen-bond donors (Lipinski definition) is 3. The Morgan fingerprint density at radius 3 is 2.33 bits per heavy atom. The first-order chi connectivity index (χ1) is 24.8. The molecule has 9 heteroatoms. The summed E-state index contributed by atoms with van der Waals surface area (Å²) in [6.45, 7) is 2.59. The number of benzene rings is 4. The van der Waals surface area contributed by atoms with E-state index in [2.05, 4.69) is 39.5 Å². The van der Waals surface area contributed by atoms with E-state index in [1.54, 1.807) is 24.5 Å². The Kier molecular flexibility index (Phi) is 10.9. The Balaban J connectivity index is 1.06. The van der Waals surface area contributed by atoms with E-state index in [1.165, 1.54) is 0 Å². The van der Waals surface area contributed by atoms with E-state index in [0.29, 0.717) is 42.9 Å². The zero-order chi connectivity index (χ0) is 35.2. The van der Waals surface area contributed by atoms with Crippen molar-refractivity contribution in [3.05, 3.63) is 160 Å². The molecule has 4 aromatic carbocycles. The molecule has 1 aromatic heterocycles. The molecule has 2 fully saturated rings. The van der Waals surface area contributed by atoms with Gasteiger partial charge in [-0.2, -0.15) is 0 Å². The molecule has 3 unspecified atom stereocenters. The van der Waals surface area contributed by atoms with Crippen molar-refractivity contribution < 1.29 is 24.5 Å². The molecule has 0 spiro atoms. The first-order valence-electron chi connectivity index (χ1n) is 17.4. The highest BCUT2D eigenvalue weighted by Crippen LogP contribution is 2.40. The van der Waals surface area contributed by atoms with Crippen molar-refractivity contribution in [2.24, 2.45) is 0 Å². The molecule has 3 atom stereocenters. The summed E-state index contributed by atoms with van der Waals surface area (Å²) >= 11 is 6.10. The van der Waals surface area contributed by atoms with Crippen LogP contribution in [0.15, 0.2) is 122 Å². The molecule has 0 bridgehead atoms. The second-order valence-corrected chi connectivity index (χ2v) is 13.9. The number of carbonyl (C=O) groups excluding carboxylic acids is 1. The first kappa shape index (κ1) is 35.0. The largest absolute Gasteiger partial charge is 0.392 e. The molecular formula is C42H42ClN3O5. The van der Waals surface area contributed by atoms with Gasteiger partial charge in [-0.3, -0.25) is 9.78 Å². The summed E-state index contributed by atoms with van der Waals surface area (Å²) in [6.07, 6.45) is 4.23. The Hall–Kier alpha value is -4.41. The van der Waals surface area contributed by atoms with Gasteiger partial charge in [0.25, 0.3) is 5.91 Å². The third-order valence-corrected chi connectivity index (χ3v) is 10.2. The van der Waals surface area contributed by atoms with E-state index in [-0.39, 0.29) is 24.7 Å². The fraction of sp³-hybridized carbons (Fsp3) is 0.286. The Morgan fingerprint density at radius 1 is 0.863 bits per heavy atom. The summed E-state index contributed by atoms with van der Waals surface area (Å²) in [4.78, 5) is 19.0. The number of halogens is 1. The molecule has 3 N–H and O–H groups in total. The lowest BCUT2D eigenvalue weighted by Crippen LogP contribution is -2.46. The smallest absolute Gasteiger partial charge is 0.253 e. The van der Waals surface area contributed by atoms with Crippen molar-refractivity contribution in [3.8, 4) is 11.1 Å². The minimum atomic E-state index is -0.875. The number of ether oxygens (including phenoxy) is 2. The van der Waals surface area contributed by atoms with Gasteiger partial charge in [-0.05, 0) is 82.6 Å². The van der Waals surface area contributed by atoms with Crippen LogP contribution in [0.5, 0.6) is 0 Å². The third kappa shape index (κ3) is 8.56. The van der Waals surface area contributed by atoms with Crippen LogP contribution in [0.25, 0.3) is 11.1 Å². The first-order valence-corrected chi connectivity index (χ1v) is 17.8. The monoisotopic (exact) mass is 703 g/mol. The fourth-order valence-corrected chi connectivity index (χ4v) is 7.11. The van der Waals surface area contributed by atoms with Crippen LogP contribution in [0.2, 0.25) is 5.02 Å². The van der Waals surface area contributed by atoms with Crippen LogP contribution in [0, 0.1) is 0 Å². The average molecular weight is 704 g/mol.